The van der Waals surface area contributed by atoms with Crippen molar-refractivity contribution >= 4 is 10.0 Å². The third-order valence-corrected chi connectivity index (χ3v) is 5.73. The van der Waals surface area contributed by atoms with Crippen LogP contribution in [0.2, 0.25) is 0 Å². The van der Waals surface area contributed by atoms with Crippen LogP contribution in [0.5, 0.6) is 0 Å². The molecule has 1 N–H and O–H groups in total. The zero-order valence-corrected chi connectivity index (χ0v) is 15.2. The minimum atomic E-state index is -3.59. The van der Waals surface area contributed by atoms with Gasteiger partial charge in [0.1, 0.15) is 12.7 Å². The van der Waals surface area contributed by atoms with E-state index < -0.39 is 10.0 Å². The molecule has 0 amide bonds. The van der Waals surface area contributed by atoms with Crippen LogP contribution in [0.1, 0.15) is 29.7 Å². The smallest absolute Gasteiger partial charge is 0.223 e. The highest BCUT2D eigenvalue weighted by molar-refractivity contribution is 7.89. The Balaban J connectivity index is 1.80. The van der Waals surface area contributed by atoms with Gasteiger partial charge in [-0.3, -0.25) is 0 Å². The first kappa shape index (κ1) is 17.3. The van der Waals surface area contributed by atoms with Crippen LogP contribution in [0.25, 0.3) is 5.69 Å². The van der Waals surface area contributed by atoms with Gasteiger partial charge in [-0.05, 0) is 50.1 Å². The number of sulfonamides is 1. The van der Waals surface area contributed by atoms with Gasteiger partial charge >= 0.3 is 0 Å². The molecule has 0 saturated heterocycles. The van der Waals surface area contributed by atoms with E-state index in [9.17, 15) is 8.42 Å². The molecule has 0 radical (unpaired) electrons. The molecule has 0 fully saturated rings. The SMILES string of the molecule is Cc1ccc(S(=O)(=O)N[C@H](C)c2ccc(-n3cncn3)cc2)c(C)c1. The minimum absolute atomic E-state index is 0.309. The average Bonchev–Trinajstić information content (AvgIpc) is 3.08. The number of hydrogen-bond acceptors (Lipinski definition) is 4. The lowest BCUT2D eigenvalue weighted by atomic mass is 10.1. The van der Waals surface area contributed by atoms with Gasteiger partial charge in [0.2, 0.25) is 10.0 Å². The lowest BCUT2D eigenvalue weighted by Crippen LogP contribution is -2.27. The fraction of sp³-hybridized carbons (Fsp3) is 0.222. The second kappa shape index (κ2) is 6.78. The van der Waals surface area contributed by atoms with E-state index in [1.807, 2.05) is 44.2 Å². The number of aromatic nitrogens is 3. The molecule has 25 heavy (non-hydrogen) atoms. The van der Waals surface area contributed by atoms with Crippen LogP contribution in [0, 0.1) is 13.8 Å². The summed E-state index contributed by atoms with van der Waals surface area (Å²) in [5.41, 5.74) is 3.51. The van der Waals surface area contributed by atoms with Crippen molar-refractivity contribution in [3.8, 4) is 5.69 Å². The fourth-order valence-electron chi connectivity index (χ4n) is 2.72. The summed E-state index contributed by atoms with van der Waals surface area (Å²) in [4.78, 5) is 4.22. The first-order chi connectivity index (χ1) is 11.9. The van der Waals surface area contributed by atoms with Gasteiger partial charge in [-0.2, -0.15) is 5.10 Å². The fourth-order valence-corrected chi connectivity index (χ4v) is 4.18. The highest BCUT2D eigenvalue weighted by Gasteiger charge is 2.20. The molecular weight excluding hydrogens is 336 g/mol. The molecule has 1 aromatic heterocycles. The van der Waals surface area contributed by atoms with E-state index in [4.69, 9.17) is 0 Å². The van der Waals surface area contributed by atoms with Gasteiger partial charge in [-0.1, -0.05) is 29.8 Å². The Morgan fingerprint density at radius 3 is 2.40 bits per heavy atom. The summed E-state index contributed by atoms with van der Waals surface area (Å²) < 4.78 is 29.7. The van der Waals surface area contributed by atoms with Crippen LogP contribution in [0.15, 0.2) is 60.0 Å². The van der Waals surface area contributed by atoms with E-state index in [1.165, 1.54) is 6.33 Å². The molecule has 0 aliphatic rings. The van der Waals surface area contributed by atoms with Crippen LogP contribution in [-0.2, 0) is 10.0 Å². The Bertz CT molecular complexity index is 965. The predicted molar refractivity (Wildman–Crippen MR) is 96.0 cm³/mol. The van der Waals surface area contributed by atoms with E-state index in [2.05, 4.69) is 14.8 Å². The van der Waals surface area contributed by atoms with Crippen LogP contribution in [0.3, 0.4) is 0 Å². The standard InChI is InChI=1S/C18H20N4O2S/c1-13-4-9-18(14(2)10-13)25(23,24)21-15(3)16-5-7-17(8-6-16)22-12-19-11-20-22/h4-12,15,21H,1-3H3/t15-/m1/s1. The second-order valence-electron chi connectivity index (χ2n) is 6.04. The Morgan fingerprint density at radius 2 is 1.80 bits per heavy atom. The Kier molecular flexibility index (Phi) is 4.69. The van der Waals surface area contributed by atoms with E-state index in [1.54, 1.807) is 30.1 Å². The highest BCUT2D eigenvalue weighted by Crippen LogP contribution is 2.21. The predicted octanol–water partition coefficient (Wildman–Crippen LogP) is 2.92. The number of nitrogens with zero attached hydrogens (tertiary/aromatic N) is 3. The summed E-state index contributed by atoms with van der Waals surface area (Å²) in [7, 11) is -3.59. The lowest BCUT2D eigenvalue weighted by molar-refractivity contribution is 0.566. The first-order valence-electron chi connectivity index (χ1n) is 7.91. The zero-order chi connectivity index (χ0) is 18.0. The molecule has 3 aromatic rings. The Labute approximate surface area is 147 Å². The maximum absolute atomic E-state index is 12.7. The summed E-state index contributed by atoms with van der Waals surface area (Å²) in [6.45, 7) is 5.57. The summed E-state index contributed by atoms with van der Waals surface area (Å²) >= 11 is 0. The number of nitrogens with one attached hydrogen (secondary N) is 1. The Hall–Kier alpha value is -2.51. The van der Waals surface area contributed by atoms with Crippen molar-refractivity contribution in [2.75, 3.05) is 0 Å². The third-order valence-electron chi connectivity index (χ3n) is 4.03. The van der Waals surface area contributed by atoms with Crippen molar-refractivity contribution in [1.29, 1.82) is 0 Å². The topological polar surface area (TPSA) is 76.9 Å². The van der Waals surface area contributed by atoms with Crippen molar-refractivity contribution in [3.63, 3.8) is 0 Å². The molecule has 0 unspecified atom stereocenters. The minimum Gasteiger partial charge on any atom is -0.223 e. The van der Waals surface area contributed by atoms with Crippen LogP contribution < -0.4 is 4.72 Å². The van der Waals surface area contributed by atoms with E-state index >= 15 is 0 Å². The maximum atomic E-state index is 12.7. The average molecular weight is 356 g/mol. The van der Waals surface area contributed by atoms with Crippen molar-refractivity contribution in [3.05, 3.63) is 71.8 Å². The van der Waals surface area contributed by atoms with E-state index in [0.717, 1.165) is 22.4 Å². The number of aryl methyl sites for hydroxylation is 2. The zero-order valence-electron chi connectivity index (χ0n) is 14.3. The van der Waals surface area contributed by atoms with Crippen molar-refractivity contribution in [2.24, 2.45) is 0 Å². The summed E-state index contributed by atoms with van der Waals surface area (Å²) in [5.74, 6) is 0. The van der Waals surface area contributed by atoms with Crippen LogP contribution >= 0.6 is 0 Å². The van der Waals surface area contributed by atoms with Crippen LogP contribution in [-0.4, -0.2) is 23.2 Å². The molecule has 0 spiro atoms. The van der Waals surface area contributed by atoms with Gasteiger partial charge in [0.15, 0.2) is 0 Å². The van der Waals surface area contributed by atoms with Crippen LogP contribution in [0.4, 0.5) is 0 Å². The molecule has 0 saturated carbocycles. The summed E-state index contributed by atoms with van der Waals surface area (Å²) in [6, 6.07) is 12.5. The van der Waals surface area contributed by atoms with Gasteiger partial charge < -0.3 is 0 Å². The largest absolute Gasteiger partial charge is 0.241 e. The van der Waals surface area contributed by atoms with Gasteiger partial charge in [0, 0.05) is 6.04 Å². The summed E-state index contributed by atoms with van der Waals surface area (Å²) in [5, 5.41) is 4.07. The van der Waals surface area contributed by atoms with Gasteiger partial charge in [-0.15, -0.1) is 0 Å². The van der Waals surface area contributed by atoms with Gasteiger partial charge in [0.25, 0.3) is 0 Å². The molecule has 2 aromatic carbocycles. The molecule has 1 heterocycles. The molecule has 130 valence electrons. The molecular formula is C18H20N4O2S. The number of hydrogen-bond donors (Lipinski definition) is 1. The van der Waals surface area contributed by atoms with E-state index in [-0.39, 0.29) is 6.04 Å². The first-order valence-corrected chi connectivity index (χ1v) is 9.40. The van der Waals surface area contributed by atoms with Crippen molar-refractivity contribution < 1.29 is 8.42 Å². The second-order valence-corrected chi connectivity index (χ2v) is 7.73. The van der Waals surface area contributed by atoms with E-state index in [0.29, 0.717) is 4.90 Å². The molecule has 7 heteroatoms. The molecule has 3 rings (SSSR count). The van der Waals surface area contributed by atoms with Gasteiger partial charge in [0.05, 0.1) is 10.6 Å². The quantitative estimate of drug-likeness (QED) is 0.762. The Morgan fingerprint density at radius 1 is 1.08 bits per heavy atom. The monoisotopic (exact) mass is 356 g/mol. The maximum Gasteiger partial charge on any atom is 0.241 e. The highest BCUT2D eigenvalue weighted by atomic mass is 32.2. The number of rotatable bonds is 5. The van der Waals surface area contributed by atoms with Crippen molar-refractivity contribution in [1.82, 2.24) is 19.5 Å². The molecule has 6 nitrogen and oxygen atoms in total. The normalized spacial score (nSPS) is 12.9. The van der Waals surface area contributed by atoms with Crippen molar-refractivity contribution in [2.45, 2.75) is 31.7 Å². The third kappa shape index (κ3) is 3.78. The molecule has 0 aliphatic heterocycles. The lowest BCUT2D eigenvalue weighted by Gasteiger charge is -2.16. The molecule has 0 bridgehead atoms. The summed E-state index contributed by atoms with van der Waals surface area (Å²) in [6.07, 6.45) is 3.08. The molecule has 1 atom stereocenters. The number of benzene rings is 2. The molecule has 0 aliphatic carbocycles. The van der Waals surface area contributed by atoms with Gasteiger partial charge in [-0.25, -0.2) is 22.8 Å².